The van der Waals surface area contributed by atoms with Crippen molar-refractivity contribution in [2.45, 2.75) is 24.9 Å². The zero-order chi connectivity index (χ0) is 38.8. The second-order valence-electron chi connectivity index (χ2n) is 16.1. The summed E-state index contributed by atoms with van der Waals surface area (Å²) in [7, 11) is 0. The Morgan fingerprint density at radius 2 is 1.00 bits per heavy atom. The molecule has 3 heterocycles. The van der Waals surface area contributed by atoms with Crippen molar-refractivity contribution in [3.63, 3.8) is 0 Å². The van der Waals surface area contributed by atoms with E-state index in [9.17, 15) is 5.11 Å². The van der Waals surface area contributed by atoms with E-state index >= 15 is 0 Å². The maximum atomic E-state index is 14.0. The number of ether oxygens (including phenoxy) is 3. The van der Waals surface area contributed by atoms with Crippen LogP contribution in [-0.2, 0) is 11.0 Å². The molecule has 0 bridgehead atoms. The van der Waals surface area contributed by atoms with Gasteiger partial charge in [0.25, 0.3) is 6.71 Å². The summed E-state index contributed by atoms with van der Waals surface area (Å²) >= 11 is 0. The van der Waals surface area contributed by atoms with Crippen LogP contribution in [0.4, 0.5) is 17.1 Å². The summed E-state index contributed by atoms with van der Waals surface area (Å²) in [5.74, 6) is 4.67. The van der Waals surface area contributed by atoms with Crippen LogP contribution in [0.5, 0.6) is 34.5 Å². The number of benzene rings is 8. The monoisotopic (exact) mass is 749 g/mol. The van der Waals surface area contributed by atoms with Crippen molar-refractivity contribution in [1.82, 2.24) is 0 Å². The van der Waals surface area contributed by atoms with Crippen LogP contribution < -0.4 is 35.5 Å². The molecule has 0 fully saturated rings. The molecule has 0 spiro atoms. The van der Waals surface area contributed by atoms with Crippen LogP contribution in [-0.4, -0.2) is 11.8 Å². The highest BCUT2D eigenvalue weighted by molar-refractivity contribution is 6.98. The van der Waals surface area contributed by atoms with E-state index in [-0.39, 0.29) is 6.71 Å². The summed E-state index contributed by atoms with van der Waals surface area (Å²) < 4.78 is 20.1. The number of fused-ring (bicyclic) bond motifs is 8. The van der Waals surface area contributed by atoms with Crippen LogP contribution in [0, 0.1) is 0 Å². The highest BCUT2D eigenvalue weighted by Crippen LogP contribution is 2.59. The van der Waals surface area contributed by atoms with Gasteiger partial charge in [0.15, 0.2) is 11.5 Å². The highest BCUT2D eigenvalue weighted by atomic mass is 16.5. The first-order valence-corrected chi connectivity index (χ1v) is 19.8. The minimum Gasteiger partial charge on any atom is -0.458 e. The van der Waals surface area contributed by atoms with E-state index in [1.165, 1.54) is 0 Å². The topological polar surface area (TPSA) is 51.2 Å². The third-order valence-corrected chi connectivity index (χ3v) is 12.7. The van der Waals surface area contributed by atoms with Crippen LogP contribution in [0.1, 0.15) is 41.7 Å². The van der Waals surface area contributed by atoms with Gasteiger partial charge in [-0.1, -0.05) is 129 Å². The fourth-order valence-corrected chi connectivity index (χ4v) is 9.99. The standard InChI is InChI=1S/C52H36BNO4/c1-51(2)35-17-6-7-18-37(35)52(55,38-19-14-26-46-50(38)54(34-15-4-3-5-16-34)42-22-10-13-25-45(42)58-46)39-29-32(27-28-36(39)51)33-30-47-49-48(31-33)57-44-24-12-9-21-41(44)53(49)40-20-8-11-23-43(40)56-47/h3-31,55H,1-2H3. The molecular formula is C52H36BNO4. The molecule has 8 aromatic carbocycles. The molecule has 8 aromatic rings. The van der Waals surface area contributed by atoms with Crippen molar-refractivity contribution in [3.05, 3.63) is 204 Å². The molecule has 1 aliphatic carbocycles. The van der Waals surface area contributed by atoms with Gasteiger partial charge in [0.05, 0.1) is 11.4 Å². The summed E-state index contributed by atoms with van der Waals surface area (Å²) in [5, 5.41) is 14.0. The smallest absolute Gasteiger partial charge is 0.260 e. The van der Waals surface area contributed by atoms with Crippen molar-refractivity contribution < 1.29 is 19.3 Å². The molecule has 0 aromatic heterocycles. The average molecular weight is 750 g/mol. The summed E-state index contributed by atoms with van der Waals surface area (Å²) in [5.41, 5.74) is 10.3. The fourth-order valence-electron chi connectivity index (χ4n) is 9.99. The van der Waals surface area contributed by atoms with Gasteiger partial charge < -0.3 is 24.2 Å². The second kappa shape index (κ2) is 12.0. The number of anilines is 3. The Morgan fingerprint density at radius 1 is 0.448 bits per heavy atom. The van der Waals surface area contributed by atoms with Gasteiger partial charge in [0, 0.05) is 22.1 Å². The molecule has 276 valence electrons. The summed E-state index contributed by atoms with van der Waals surface area (Å²) in [6.45, 7) is 4.49. The Labute approximate surface area is 337 Å². The van der Waals surface area contributed by atoms with E-state index < -0.39 is 11.0 Å². The number of hydrogen-bond donors (Lipinski definition) is 1. The van der Waals surface area contributed by atoms with Gasteiger partial charge >= 0.3 is 0 Å². The lowest BCUT2D eigenvalue weighted by Gasteiger charge is -2.46. The first-order chi connectivity index (χ1) is 28.4. The first kappa shape index (κ1) is 33.2. The number of hydrogen-bond acceptors (Lipinski definition) is 5. The van der Waals surface area contributed by atoms with Crippen LogP contribution in [0.25, 0.3) is 11.1 Å². The minimum absolute atomic E-state index is 0.0101. The van der Waals surface area contributed by atoms with E-state index in [1.54, 1.807) is 0 Å². The summed E-state index contributed by atoms with van der Waals surface area (Å²) in [4.78, 5) is 2.22. The Bertz CT molecular complexity index is 2940. The van der Waals surface area contributed by atoms with Crippen molar-refractivity contribution in [3.8, 4) is 45.6 Å². The Balaban J connectivity index is 1.09. The number of aliphatic hydroxyl groups is 1. The lowest BCUT2D eigenvalue weighted by Crippen LogP contribution is -2.57. The van der Waals surface area contributed by atoms with E-state index in [0.29, 0.717) is 5.75 Å². The van der Waals surface area contributed by atoms with Crippen molar-refractivity contribution in [1.29, 1.82) is 0 Å². The largest absolute Gasteiger partial charge is 0.458 e. The molecule has 12 rings (SSSR count). The highest BCUT2D eigenvalue weighted by Gasteiger charge is 2.50. The third kappa shape index (κ3) is 4.52. The van der Waals surface area contributed by atoms with Gasteiger partial charge in [-0.05, 0) is 105 Å². The van der Waals surface area contributed by atoms with E-state index in [2.05, 4.69) is 116 Å². The van der Waals surface area contributed by atoms with Gasteiger partial charge in [0.1, 0.15) is 28.6 Å². The van der Waals surface area contributed by atoms with Crippen LogP contribution in [0.15, 0.2) is 176 Å². The fraction of sp³-hybridized carbons (Fsp3) is 0.0769. The molecule has 3 aliphatic heterocycles. The van der Waals surface area contributed by atoms with Crippen molar-refractivity contribution in [2.24, 2.45) is 0 Å². The molecule has 1 unspecified atom stereocenters. The molecular weight excluding hydrogens is 713 g/mol. The predicted molar refractivity (Wildman–Crippen MR) is 231 cm³/mol. The molecule has 1 N–H and O–H groups in total. The zero-order valence-corrected chi connectivity index (χ0v) is 31.9. The average Bonchev–Trinajstić information content (AvgIpc) is 3.27. The van der Waals surface area contributed by atoms with Crippen LogP contribution >= 0.6 is 0 Å². The maximum Gasteiger partial charge on any atom is 0.260 e. The van der Waals surface area contributed by atoms with Gasteiger partial charge in [-0.2, -0.15) is 0 Å². The molecule has 1 atom stereocenters. The predicted octanol–water partition coefficient (Wildman–Crippen LogP) is 10.6. The van der Waals surface area contributed by atoms with Crippen LogP contribution in [0.3, 0.4) is 0 Å². The minimum atomic E-state index is -1.58. The van der Waals surface area contributed by atoms with Gasteiger partial charge in [-0.25, -0.2) is 0 Å². The second-order valence-corrected chi connectivity index (χ2v) is 16.1. The zero-order valence-electron chi connectivity index (χ0n) is 31.9. The van der Waals surface area contributed by atoms with E-state index in [4.69, 9.17) is 14.2 Å². The third-order valence-electron chi connectivity index (χ3n) is 12.7. The molecule has 6 heteroatoms. The number of nitrogens with zero attached hydrogens (tertiary/aromatic N) is 1. The molecule has 0 saturated carbocycles. The summed E-state index contributed by atoms with van der Waals surface area (Å²) in [6, 6.07) is 60.2. The van der Waals surface area contributed by atoms with Gasteiger partial charge in [-0.15, -0.1) is 0 Å². The molecule has 58 heavy (non-hydrogen) atoms. The van der Waals surface area contributed by atoms with Gasteiger partial charge in [-0.3, -0.25) is 0 Å². The normalized spacial score (nSPS) is 17.1. The van der Waals surface area contributed by atoms with Crippen LogP contribution in [0.2, 0.25) is 0 Å². The Morgan fingerprint density at radius 3 is 1.72 bits per heavy atom. The summed E-state index contributed by atoms with van der Waals surface area (Å²) in [6.07, 6.45) is 0. The van der Waals surface area contributed by atoms with Crippen molar-refractivity contribution in [2.75, 3.05) is 4.90 Å². The first-order valence-electron chi connectivity index (χ1n) is 19.8. The lowest BCUT2D eigenvalue weighted by atomic mass is 9.35. The van der Waals surface area contributed by atoms with E-state index in [1.807, 2.05) is 78.9 Å². The molecule has 5 nitrogen and oxygen atoms in total. The number of rotatable bonds is 3. The Hall–Kier alpha value is -7.02. The lowest BCUT2D eigenvalue weighted by molar-refractivity contribution is 0.117. The van der Waals surface area contributed by atoms with Gasteiger partial charge in [0.2, 0.25) is 0 Å². The Kier molecular flexibility index (Phi) is 6.86. The SMILES string of the molecule is CC1(C)c2ccccc2C(O)(c2cccc3c2N(c2ccccc2)c2ccccc2O3)c2cc(-c3cc4c5c(c3)Oc3ccccc3B5c3ccccc3O4)ccc21. The quantitative estimate of drug-likeness (QED) is 0.182. The maximum absolute atomic E-state index is 14.0. The molecule has 4 aliphatic rings. The van der Waals surface area contributed by atoms with E-state index in [0.717, 1.165) is 101 Å². The number of para-hydroxylation sites is 6. The molecule has 0 saturated heterocycles. The van der Waals surface area contributed by atoms with Crippen molar-refractivity contribution >= 4 is 40.2 Å². The molecule has 0 amide bonds. The molecule has 0 radical (unpaired) electrons.